The Morgan fingerprint density at radius 1 is 0.647 bits per heavy atom. The lowest BCUT2D eigenvalue weighted by Crippen LogP contribution is -2.29. The second-order valence-corrected chi connectivity index (χ2v) is 7.17. The van der Waals surface area contributed by atoms with Crippen molar-refractivity contribution >= 4 is 23.8 Å². The van der Waals surface area contributed by atoms with E-state index in [1.807, 2.05) is 0 Å². The number of alkyl carbamates (subject to hydrolysis) is 2. The van der Waals surface area contributed by atoms with Gasteiger partial charge in [-0.2, -0.15) is 0 Å². The predicted molar refractivity (Wildman–Crippen MR) is 127 cm³/mol. The molecule has 2 amide bonds. The number of aliphatic hydroxyl groups excluding tert-OH is 1. The van der Waals surface area contributed by atoms with Crippen LogP contribution in [-0.2, 0) is 28.4 Å². The molecule has 34 heavy (non-hydrogen) atoms. The molecule has 0 aliphatic carbocycles. The summed E-state index contributed by atoms with van der Waals surface area (Å²) < 4.78 is 31.2. The molecule has 0 aromatic rings. The Labute approximate surface area is 207 Å². The number of carbonyl (C=O) groups is 2. The molecule has 12 heteroatoms. The third-order valence-corrected chi connectivity index (χ3v) is 4.26. The van der Waals surface area contributed by atoms with Crippen molar-refractivity contribution in [3.63, 3.8) is 0 Å². The zero-order valence-corrected chi connectivity index (χ0v) is 20.7. The van der Waals surface area contributed by atoms with Gasteiger partial charge in [0.15, 0.2) is 0 Å². The summed E-state index contributed by atoms with van der Waals surface area (Å²) in [5.41, 5.74) is 0. The number of hydrogen-bond acceptors (Lipinski definition) is 9. The van der Waals surface area contributed by atoms with E-state index in [-0.39, 0.29) is 26.4 Å². The molecule has 0 saturated heterocycles. The zero-order chi connectivity index (χ0) is 25.0. The van der Waals surface area contributed by atoms with Gasteiger partial charge in [-0.05, 0) is 18.9 Å². The fraction of sp³-hybridized carbons (Fsp3) is 0.818. The highest BCUT2D eigenvalue weighted by Crippen LogP contribution is 2.01. The fourth-order valence-corrected chi connectivity index (χ4v) is 2.50. The van der Waals surface area contributed by atoms with E-state index in [0.717, 1.165) is 32.3 Å². The number of hydrogen-bond donors (Lipinski definition) is 3. The van der Waals surface area contributed by atoms with Crippen LogP contribution >= 0.6 is 11.6 Å². The summed E-state index contributed by atoms with van der Waals surface area (Å²) in [7, 11) is 0. The van der Waals surface area contributed by atoms with Crippen molar-refractivity contribution < 1.29 is 43.1 Å². The highest BCUT2D eigenvalue weighted by atomic mass is 35.5. The quantitative estimate of drug-likeness (QED) is 0.101. The summed E-state index contributed by atoms with van der Waals surface area (Å²) in [6.45, 7) is 4.17. The number of rotatable bonds is 24. The number of alkyl halides is 1. The standard InChI is InChI=1S/C22H41ClN2O9/c23-7-3-1-2-5-11-29-15-16-30-14-9-25-22(28)34-20-19-32-18-17-31-13-8-24-21(27)33-12-6-4-10-26/h4,6,26H,1-3,5,7-20H2,(H,24,27)(H,25,28)/b6-4-. The van der Waals surface area contributed by atoms with Crippen LogP contribution < -0.4 is 10.6 Å². The molecule has 0 aromatic heterocycles. The molecule has 11 nitrogen and oxygen atoms in total. The fourth-order valence-electron chi connectivity index (χ4n) is 2.31. The summed E-state index contributed by atoms with van der Waals surface area (Å²) in [6.07, 6.45) is 6.29. The molecular weight excluding hydrogens is 472 g/mol. The molecule has 0 heterocycles. The van der Waals surface area contributed by atoms with Crippen molar-refractivity contribution in [2.45, 2.75) is 25.7 Å². The molecule has 0 atom stereocenters. The van der Waals surface area contributed by atoms with Crippen molar-refractivity contribution in [3.8, 4) is 0 Å². The van der Waals surface area contributed by atoms with Crippen molar-refractivity contribution in [2.75, 3.05) is 91.6 Å². The van der Waals surface area contributed by atoms with Crippen LogP contribution in [0.5, 0.6) is 0 Å². The van der Waals surface area contributed by atoms with Crippen molar-refractivity contribution in [2.24, 2.45) is 0 Å². The number of unbranched alkanes of at least 4 members (excludes halogenated alkanes) is 3. The molecule has 0 aliphatic heterocycles. The van der Waals surface area contributed by atoms with Gasteiger partial charge in [-0.1, -0.05) is 18.9 Å². The van der Waals surface area contributed by atoms with Crippen LogP contribution in [0.3, 0.4) is 0 Å². The number of nitrogens with one attached hydrogen (secondary N) is 2. The maximum absolute atomic E-state index is 11.5. The van der Waals surface area contributed by atoms with E-state index in [1.54, 1.807) is 6.08 Å². The number of amides is 2. The lowest BCUT2D eigenvalue weighted by Gasteiger charge is -2.09. The first kappa shape index (κ1) is 32.4. The molecule has 0 bridgehead atoms. The topological polar surface area (TPSA) is 134 Å². The summed E-state index contributed by atoms with van der Waals surface area (Å²) in [5, 5.41) is 13.6. The van der Waals surface area contributed by atoms with E-state index < -0.39 is 12.2 Å². The first-order valence-corrected chi connectivity index (χ1v) is 12.2. The smallest absolute Gasteiger partial charge is 0.407 e. The molecule has 0 rings (SSSR count). The molecular formula is C22H41ClN2O9. The SMILES string of the molecule is O=C(NCCOCCOCCOC(=O)NCCOCCOCCCCCCCl)OC/C=C\CO. The van der Waals surface area contributed by atoms with Gasteiger partial charge in [-0.3, -0.25) is 0 Å². The lowest BCUT2D eigenvalue weighted by atomic mass is 10.2. The van der Waals surface area contributed by atoms with Gasteiger partial charge in [0.2, 0.25) is 0 Å². The van der Waals surface area contributed by atoms with Crippen LogP contribution in [0.2, 0.25) is 0 Å². The van der Waals surface area contributed by atoms with Gasteiger partial charge < -0.3 is 44.2 Å². The Hall–Kier alpha value is -1.63. The third kappa shape index (κ3) is 26.6. The van der Waals surface area contributed by atoms with Crippen molar-refractivity contribution in [1.29, 1.82) is 0 Å². The average Bonchev–Trinajstić information content (AvgIpc) is 2.83. The molecule has 0 fully saturated rings. The van der Waals surface area contributed by atoms with E-state index in [4.69, 9.17) is 45.1 Å². The monoisotopic (exact) mass is 512 g/mol. The van der Waals surface area contributed by atoms with Crippen molar-refractivity contribution in [3.05, 3.63) is 12.2 Å². The van der Waals surface area contributed by atoms with Crippen LogP contribution in [0.4, 0.5) is 9.59 Å². The Morgan fingerprint density at radius 3 is 1.79 bits per heavy atom. The van der Waals surface area contributed by atoms with Gasteiger partial charge in [-0.25, -0.2) is 9.59 Å². The Balaban J connectivity index is 3.24. The number of carbonyl (C=O) groups excluding carboxylic acids is 2. The molecule has 0 radical (unpaired) electrons. The van der Waals surface area contributed by atoms with Gasteiger partial charge >= 0.3 is 12.2 Å². The maximum Gasteiger partial charge on any atom is 0.407 e. The number of aliphatic hydroxyl groups is 1. The Bertz CT molecular complexity index is 499. The van der Waals surface area contributed by atoms with Crippen LogP contribution in [0.1, 0.15) is 25.7 Å². The highest BCUT2D eigenvalue weighted by Gasteiger charge is 2.02. The second-order valence-electron chi connectivity index (χ2n) is 6.79. The summed E-state index contributed by atoms with van der Waals surface area (Å²) in [6, 6.07) is 0. The van der Waals surface area contributed by atoms with E-state index >= 15 is 0 Å². The van der Waals surface area contributed by atoms with Gasteiger partial charge in [0.1, 0.15) is 13.2 Å². The first-order chi connectivity index (χ1) is 16.7. The molecule has 0 aromatic carbocycles. The normalized spacial score (nSPS) is 11.0. The van der Waals surface area contributed by atoms with E-state index in [0.29, 0.717) is 58.6 Å². The molecule has 0 aliphatic rings. The van der Waals surface area contributed by atoms with E-state index in [1.165, 1.54) is 6.08 Å². The highest BCUT2D eigenvalue weighted by molar-refractivity contribution is 6.17. The summed E-state index contributed by atoms with van der Waals surface area (Å²) >= 11 is 5.62. The van der Waals surface area contributed by atoms with E-state index in [2.05, 4.69) is 10.6 Å². The van der Waals surface area contributed by atoms with Crippen LogP contribution in [0, 0.1) is 0 Å². The van der Waals surface area contributed by atoms with Gasteiger partial charge in [0.25, 0.3) is 0 Å². The maximum atomic E-state index is 11.5. The predicted octanol–water partition coefficient (Wildman–Crippen LogP) is 1.85. The molecule has 200 valence electrons. The van der Waals surface area contributed by atoms with Crippen LogP contribution in [0.25, 0.3) is 0 Å². The summed E-state index contributed by atoms with van der Waals surface area (Å²) in [4.78, 5) is 22.8. The minimum atomic E-state index is -0.557. The Morgan fingerprint density at radius 2 is 1.18 bits per heavy atom. The second kappa shape index (κ2) is 27.6. The third-order valence-electron chi connectivity index (χ3n) is 3.99. The molecule has 3 N–H and O–H groups in total. The number of ether oxygens (including phenoxy) is 6. The minimum absolute atomic E-state index is 0.0938. The Kier molecular flexibility index (Phi) is 26.3. The average molecular weight is 513 g/mol. The van der Waals surface area contributed by atoms with Crippen molar-refractivity contribution in [1.82, 2.24) is 10.6 Å². The lowest BCUT2D eigenvalue weighted by molar-refractivity contribution is 0.0276. The zero-order valence-electron chi connectivity index (χ0n) is 20.0. The summed E-state index contributed by atoms with van der Waals surface area (Å²) in [5.74, 6) is 0.717. The van der Waals surface area contributed by atoms with Gasteiger partial charge in [0.05, 0.1) is 52.9 Å². The van der Waals surface area contributed by atoms with Crippen LogP contribution in [0.15, 0.2) is 12.2 Å². The molecule has 0 unspecified atom stereocenters. The molecule has 0 spiro atoms. The molecule has 0 saturated carbocycles. The van der Waals surface area contributed by atoms with E-state index in [9.17, 15) is 9.59 Å². The van der Waals surface area contributed by atoms with Gasteiger partial charge in [-0.15, -0.1) is 11.6 Å². The van der Waals surface area contributed by atoms with Crippen LogP contribution in [-0.4, -0.2) is 109 Å². The van der Waals surface area contributed by atoms with Gasteiger partial charge in [0, 0.05) is 25.6 Å². The number of halogens is 1. The largest absolute Gasteiger partial charge is 0.447 e. The minimum Gasteiger partial charge on any atom is -0.447 e. The first-order valence-electron chi connectivity index (χ1n) is 11.6.